The summed E-state index contributed by atoms with van der Waals surface area (Å²) in [6.07, 6.45) is 8.01. The number of anilines is 1. The van der Waals surface area contributed by atoms with Crippen LogP contribution in [0.4, 0.5) is 5.82 Å². The number of nitrogens with one attached hydrogen (secondary N) is 1. The Morgan fingerprint density at radius 3 is 3.00 bits per heavy atom. The third kappa shape index (κ3) is 2.97. The van der Waals surface area contributed by atoms with Crippen molar-refractivity contribution in [3.63, 3.8) is 0 Å². The van der Waals surface area contributed by atoms with Crippen LogP contribution in [0.1, 0.15) is 29.0 Å². The van der Waals surface area contributed by atoms with Crippen LogP contribution in [0.3, 0.4) is 0 Å². The van der Waals surface area contributed by atoms with Crippen molar-refractivity contribution < 1.29 is 14.0 Å². The lowest BCUT2D eigenvalue weighted by molar-refractivity contribution is -0.130. The third-order valence-corrected chi connectivity index (χ3v) is 5.43. The van der Waals surface area contributed by atoms with Gasteiger partial charge >= 0.3 is 0 Å². The molecule has 5 rings (SSSR count). The zero-order valence-electron chi connectivity index (χ0n) is 15.2. The van der Waals surface area contributed by atoms with Gasteiger partial charge in [0.2, 0.25) is 11.8 Å². The van der Waals surface area contributed by atoms with Crippen molar-refractivity contribution in [3.8, 4) is 0 Å². The van der Waals surface area contributed by atoms with Gasteiger partial charge in [0, 0.05) is 48.7 Å². The number of rotatable bonds is 3. The van der Waals surface area contributed by atoms with Gasteiger partial charge in [-0.25, -0.2) is 4.98 Å². The minimum absolute atomic E-state index is 0.00351. The Bertz CT molecular complexity index is 1110. The van der Waals surface area contributed by atoms with Crippen molar-refractivity contribution in [3.05, 3.63) is 65.6 Å². The van der Waals surface area contributed by atoms with Crippen LogP contribution < -0.4 is 5.32 Å². The maximum Gasteiger partial charge on any atom is 0.246 e. The summed E-state index contributed by atoms with van der Waals surface area (Å²) in [5, 5.41) is 3.89. The summed E-state index contributed by atoms with van der Waals surface area (Å²) < 4.78 is 5.61. The predicted molar refractivity (Wildman–Crippen MR) is 106 cm³/mol. The maximum atomic E-state index is 12.4. The van der Waals surface area contributed by atoms with E-state index >= 15 is 0 Å². The second kappa shape index (κ2) is 6.64. The van der Waals surface area contributed by atoms with Gasteiger partial charge in [-0.05, 0) is 35.8 Å². The SMILES string of the molecule is O=C1CCc2cc(C=CC(=O)N3CC(c4coc5ccccc45)C3)cnc2N1. The van der Waals surface area contributed by atoms with Crippen molar-refractivity contribution in [2.45, 2.75) is 18.8 Å². The Morgan fingerprint density at radius 1 is 1.25 bits per heavy atom. The van der Waals surface area contributed by atoms with E-state index < -0.39 is 0 Å². The lowest BCUT2D eigenvalue weighted by Crippen LogP contribution is -2.47. The second-order valence-electron chi connectivity index (χ2n) is 7.29. The van der Waals surface area contributed by atoms with Crippen molar-refractivity contribution in [1.82, 2.24) is 9.88 Å². The Hall–Kier alpha value is -3.41. The molecular weight excluding hydrogens is 354 g/mol. The molecule has 0 aliphatic carbocycles. The van der Waals surface area contributed by atoms with Gasteiger partial charge in [0.05, 0.1) is 6.26 Å². The van der Waals surface area contributed by atoms with E-state index in [1.807, 2.05) is 35.4 Å². The monoisotopic (exact) mass is 373 g/mol. The number of nitrogens with zero attached hydrogens (tertiary/aromatic N) is 2. The van der Waals surface area contributed by atoms with Crippen LogP contribution in [0.2, 0.25) is 0 Å². The van der Waals surface area contributed by atoms with Gasteiger partial charge < -0.3 is 14.6 Å². The van der Waals surface area contributed by atoms with E-state index in [9.17, 15) is 9.59 Å². The Balaban J connectivity index is 1.23. The van der Waals surface area contributed by atoms with Gasteiger partial charge in [0.15, 0.2) is 0 Å². The fourth-order valence-electron chi connectivity index (χ4n) is 3.81. The van der Waals surface area contributed by atoms with Gasteiger partial charge in [-0.15, -0.1) is 0 Å². The van der Waals surface area contributed by atoms with Crippen LogP contribution in [0.5, 0.6) is 0 Å². The number of hydrogen-bond acceptors (Lipinski definition) is 4. The van der Waals surface area contributed by atoms with Crippen molar-refractivity contribution in [1.29, 1.82) is 0 Å². The van der Waals surface area contributed by atoms with Gasteiger partial charge in [-0.1, -0.05) is 18.2 Å². The fourth-order valence-corrected chi connectivity index (χ4v) is 3.81. The van der Waals surface area contributed by atoms with Crippen molar-refractivity contribution in [2.75, 3.05) is 18.4 Å². The van der Waals surface area contributed by atoms with Crippen LogP contribution in [-0.4, -0.2) is 34.8 Å². The molecule has 6 nitrogen and oxygen atoms in total. The molecule has 2 aromatic heterocycles. The average molecular weight is 373 g/mol. The van der Waals surface area contributed by atoms with Crippen molar-refractivity contribution in [2.24, 2.45) is 0 Å². The zero-order chi connectivity index (χ0) is 19.1. The Morgan fingerprint density at radius 2 is 2.11 bits per heavy atom. The second-order valence-corrected chi connectivity index (χ2v) is 7.29. The van der Waals surface area contributed by atoms with Crippen LogP contribution in [0.15, 0.2) is 53.3 Å². The summed E-state index contributed by atoms with van der Waals surface area (Å²) in [5.74, 6) is 0.930. The van der Waals surface area contributed by atoms with Crippen LogP contribution >= 0.6 is 0 Å². The largest absolute Gasteiger partial charge is 0.464 e. The number of pyridine rings is 1. The molecule has 1 N–H and O–H groups in total. The van der Waals surface area contributed by atoms with Crippen molar-refractivity contribution >= 4 is 34.7 Å². The van der Waals surface area contributed by atoms with Gasteiger partial charge in [-0.2, -0.15) is 0 Å². The Labute approximate surface area is 161 Å². The first-order valence-electron chi connectivity index (χ1n) is 9.39. The number of amides is 2. The number of furan rings is 1. The van der Waals surface area contributed by atoms with E-state index in [4.69, 9.17) is 4.42 Å². The summed E-state index contributed by atoms with van der Waals surface area (Å²) in [5.41, 5.74) is 3.93. The molecule has 0 bridgehead atoms. The number of carbonyl (C=O) groups is 2. The van der Waals surface area contributed by atoms with E-state index in [0.717, 1.165) is 22.1 Å². The molecule has 0 spiro atoms. The summed E-state index contributed by atoms with van der Waals surface area (Å²) in [4.78, 5) is 30.0. The van der Waals surface area contributed by atoms with E-state index in [1.165, 1.54) is 5.56 Å². The number of carbonyl (C=O) groups excluding carboxylic acids is 2. The van der Waals surface area contributed by atoms with Crippen LogP contribution in [-0.2, 0) is 16.0 Å². The fraction of sp³-hybridized carbons (Fsp3) is 0.227. The Kier molecular flexibility index (Phi) is 3.97. The van der Waals surface area contributed by atoms with Crippen LogP contribution in [0, 0.1) is 0 Å². The highest BCUT2D eigenvalue weighted by Crippen LogP contribution is 2.33. The third-order valence-electron chi connectivity index (χ3n) is 5.43. The van der Waals surface area contributed by atoms with E-state index in [2.05, 4.69) is 16.4 Å². The standard InChI is InChI=1S/C22H19N3O3/c26-20-7-6-15-9-14(10-23-22(15)24-20)5-8-21(27)25-11-16(12-25)18-13-28-19-4-2-1-3-17(18)19/h1-5,8-10,13,16H,6-7,11-12H2,(H,23,24,26). The zero-order valence-corrected chi connectivity index (χ0v) is 15.2. The number of benzene rings is 1. The number of fused-ring (bicyclic) bond motifs is 2. The highest BCUT2D eigenvalue weighted by molar-refractivity contribution is 5.94. The summed E-state index contributed by atoms with van der Waals surface area (Å²) in [7, 11) is 0. The molecule has 4 heterocycles. The lowest BCUT2D eigenvalue weighted by Gasteiger charge is -2.38. The maximum absolute atomic E-state index is 12.4. The molecule has 2 aliphatic heterocycles. The molecule has 3 aromatic rings. The first-order valence-corrected chi connectivity index (χ1v) is 9.39. The number of hydrogen-bond donors (Lipinski definition) is 1. The molecular formula is C22H19N3O3. The van der Waals surface area contributed by atoms with Gasteiger partial charge in [-0.3, -0.25) is 9.59 Å². The predicted octanol–water partition coefficient (Wildman–Crippen LogP) is 3.35. The molecule has 0 unspecified atom stereocenters. The number of likely N-dealkylation sites (tertiary alicyclic amines) is 1. The average Bonchev–Trinajstić information content (AvgIpc) is 3.09. The molecule has 1 saturated heterocycles. The van der Waals surface area contributed by atoms with Gasteiger partial charge in [0.1, 0.15) is 11.4 Å². The normalized spacial score (nSPS) is 16.9. The molecule has 140 valence electrons. The molecule has 1 fully saturated rings. The molecule has 0 atom stereocenters. The molecule has 2 amide bonds. The summed E-state index contributed by atoms with van der Waals surface area (Å²) in [6.45, 7) is 1.39. The number of para-hydroxylation sites is 1. The summed E-state index contributed by atoms with van der Waals surface area (Å²) >= 11 is 0. The first-order chi connectivity index (χ1) is 13.7. The highest BCUT2D eigenvalue weighted by atomic mass is 16.3. The van der Waals surface area contributed by atoms with E-state index in [-0.39, 0.29) is 11.8 Å². The number of aromatic nitrogens is 1. The highest BCUT2D eigenvalue weighted by Gasteiger charge is 2.32. The topological polar surface area (TPSA) is 75.4 Å². The molecule has 6 heteroatoms. The summed E-state index contributed by atoms with van der Waals surface area (Å²) in [6, 6.07) is 9.96. The van der Waals surface area contributed by atoms with Gasteiger partial charge in [0.25, 0.3) is 0 Å². The molecule has 2 aliphatic rings. The first kappa shape index (κ1) is 16.7. The smallest absolute Gasteiger partial charge is 0.246 e. The molecule has 1 aromatic carbocycles. The minimum Gasteiger partial charge on any atom is -0.464 e. The molecule has 28 heavy (non-hydrogen) atoms. The van der Waals surface area contributed by atoms with E-state index in [0.29, 0.717) is 37.7 Å². The quantitative estimate of drug-likeness (QED) is 0.715. The van der Waals surface area contributed by atoms with E-state index in [1.54, 1.807) is 18.3 Å². The molecule has 0 radical (unpaired) electrons. The lowest BCUT2D eigenvalue weighted by atomic mass is 9.91. The number of aryl methyl sites for hydroxylation is 1. The molecule has 0 saturated carbocycles. The van der Waals surface area contributed by atoms with Crippen LogP contribution in [0.25, 0.3) is 17.0 Å². The minimum atomic E-state index is -0.00456.